The minimum atomic E-state index is -0.689. The molecular formula is C16H24N2O3. The monoisotopic (exact) mass is 292 g/mol. The van der Waals surface area contributed by atoms with Gasteiger partial charge in [0, 0.05) is 7.05 Å². The van der Waals surface area contributed by atoms with Gasteiger partial charge in [-0.3, -0.25) is 9.69 Å². The summed E-state index contributed by atoms with van der Waals surface area (Å²) in [5, 5.41) is 0. The van der Waals surface area contributed by atoms with Gasteiger partial charge >= 0.3 is 6.09 Å². The van der Waals surface area contributed by atoms with E-state index in [4.69, 9.17) is 10.5 Å². The molecule has 0 heterocycles. The van der Waals surface area contributed by atoms with Gasteiger partial charge in [0.25, 0.3) is 0 Å². The maximum absolute atomic E-state index is 12.1. The summed E-state index contributed by atoms with van der Waals surface area (Å²) >= 11 is 0. The van der Waals surface area contributed by atoms with E-state index in [1.807, 2.05) is 32.0 Å². The van der Waals surface area contributed by atoms with E-state index >= 15 is 0 Å². The Morgan fingerprint density at radius 1 is 1.19 bits per heavy atom. The number of nitrogens with two attached hydrogens (primary N) is 1. The maximum Gasteiger partial charge on any atom is 0.415 e. The lowest BCUT2D eigenvalue weighted by Gasteiger charge is -2.27. The minimum Gasteiger partial charge on any atom is -0.410 e. The van der Waals surface area contributed by atoms with Crippen LogP contribution in [0.1, 0.15) is 39.2 Å². The molecule has 0 fully saturated rings. The van der Waals surface area contributed by atoms with Crippen LogP contribution in [-0.4, -0.2) is 30.0 Å². The number of amides is 2. The predicted octanol–water partition coefficient (Wildman–Crippen LogP) is 2.75. The molecule has 5 heteroatoms. The van der Waals surface area contributed by atoms with Gasteiger partial charge in [-0.1, -0.05) is 39.8 Å². The molecule has 1 aromatic rings. The van der Waals surface area contributed by atoms with E-state index in [-0.39, 0.29) is 5.92 Å². The molecule has 0 saturated carbocycles. The average molecular weight is 292 g/mol. The van der Waals surface area contributed by atoms with E-state index in [1.165, 1.54) is 11.9 Å². The van der Waals surface area contributed by atoms with E-state index in [9.17, 15) is 9.59 Å². The van der Waals surface area contributed by atoms with E-state index < -0.39 is 18.0 Å². The molecule has 2 N–H and O–H groups in total. The molecule has 1 unspecified atom stereocenters. The van der Waals surface area contributed by atoms with Gasteiger partial charge in [0.05, 0.1) is 0 Å². The predicted molar refractivity (Wildman–Crippen MR) is 82.1 cm³/mol. The highest BCUT2D eigenvalue weighted by atomic mass is 16.6. The van der Waals surface area contributed by atoms with Crippen molar-refractivity contribution in [3.63, 3.8) is 0 Å². The zero-order valence-electron chi connectivity index (χ0n) is 13.3. The van der Waals surface area contributed by atoms with Crippen LogP contribution in [0.3, 0.4) is 0 Å². The van der Waals surface area contributed by atoms with Crippen LogP contribution >= 0.6 is 0 Å². The molecule has 0 saturated heterocycles. The summed E-state index contributed by atoms with van der Waals surface area (Å²) in [5.41, 5.74) is 6.43. The molecule has 0 aromatic heterocycles. The van der Waals surface area contributed by atoms with Crippen LogP contribution in [0.4, 0.5) is 4.79 Å². The van der Waals surface area contributed by atoms with Crippen molar-refractivity contribution >= 4 is 12.0 Å². The number of ether oxygens (including phenoxy) is 1. The normalized spacial score (nSPS) is 12.3. The van der Waals surface area contributed by atoms with Crippen molar-refractivity contribution in [2.45, 2.75) is 39.7 Å². The van der Waals surface area contributed by atoms with Crippen molar-refractivity contribution in [3.8, 4) is 5.75 Å². The molecular weight excluding hydrogens is 268 g/mol. The number of carbonyl (C=O) groups is 2. The molecule has 116 valence electrons. The Morgan fingerprint density at radius 2 is 1.81 bits per heavy atom. The summed E-state index contributed by atoms with van der Waals surface area (Å²) in [7, 11) is 1.52. The number of nitrogens with zero attached hydrogens (tertiary/aromatic N) is 1. The molecule has 0 aliphatic carbocycles. The van der Waals surface area contributed by atoms with Gasteiger partial charge in [-0.25, -0.2) is 4.79 Å². The van der Waals surface area contributed by atoms with Crippen molar-refractivity contribution in [1.82, 2.24) is 4.90 Å². The Kier molecular flexibility index (Phi) is 5.76. The fourth-order valence-electron chi connectivity index (χ4n) is 2.19. The zero-order valence-corrected chi connectivity index (χ0v) is 13.3. The van der Waals surface area contributed by atoms with Gasteiger partial charge in [-0.15, -0.1) is 0 Å². The summed E-state index contributed by atoms with van der Waals surface area (Å²) in [6, 6.07) is 6.67. The summed E-state index contributed by atoms with van der Waals surface area (Å²) in [4.78, 5) is 24.8. The largest absolute Gasteiger partial charge is 0.415 e. The second-order valence-electron chi connectivity index (χ2n) is 5.80. The van der Waals surface area contributed by atoms with Crippen LogP contribution in [0.2, 0.25) is 0 Å². The van der Waals surface area contributed by atoms with E-state index in [1.54, 1.807) is 6.07 Å². The van der Waals surface area contributed by atoms with Gasteiger partial charge in [0.15, 0.2) is 0 Å². The molecule has 0 radical (unpaired) electrons. The van der Waals surface area contributed by atoms with E-state index in [0.29, 0.717) is 11.7 Å². The van der Waals surface area contributed by atoms with Gasteiger partial charge in [-0.05, 0) is 29.5 Å². The topological polar surface area (TPSA) is 72.6 Å². The molecule has 0 aliphatic rings. The van der Waals surface area contributed by atoms with E-state index in [2.05, 4.69) is 13.8 Å². The van der Waals surface area contributed by atoms with Gasteiger partial charge < -0.3 is 10.5 Å². The highest BCUT2D eigenvalue weighted by Crippen LogP contribution is 2.21. The van der Waals surface area contributed by atoms with Gasteiger partial charge in [0.2, 0.25) is 5.91 Å². The Balaban J connectivity index is 2.85. The first kappa shape index (κ1) is 17.0. The lowest BCUT2D eigenvalue weighted by molar-refractivity contribution is -0.123. The van der Waals surface area contributed by atoms with Crippen molar-refractivity contribution in [2.75, 3.05) is 7.05 Å². The third-order valence-corrected chi connectivity index (χ3v) is 3.36. The highest BCUT2D eigenvalue weighted by molar-refractivity contribution is 5.84. The van der Waals surface area contributed by atoms with Crippen molar-refractivity contribution in [2.24, 2.45) is 11.7 Å². The first-order valence-corrected chi connectivity index (χ1v) is 7.08. The number of rotatable bonds is 5. The van der Waals surface area contributed by atoms with Crippen LogP contribution in [-0.2, 0) is 4.79 Å². The Morgan fingerprint density at radius 3 is 2.29 bits per heavy atom. The second-order valence-corrected chi connectivity index (χ2v) is 5.80. The fraction of sp³-hybridized carbons (Fsp3) is 0.500. The number of likely N-dealkylation sites (N-methyl/N-ethyl adjacent to an activating group) is 1. The smallest absolute Gasteiger partial charge is 0.410 e. The summed E-state index contributed by atoms with van der Waals surface area (Å²) < 4.78 is 5.33. The van der Waals surface area contributed by atoms with Crippen molar-refractivity contribution in [3.05, 3.63) is 29.8 Å². The maximum atomic E-state index is 12.1. The fourth-order valence-corrected chi connectivity index (χ4v) is 2.19. The molecule has 21 heavy (non-hydrogen) atoms. The summed E-state index contributed by atoms with van der Waals surface area (Å²) in [6.45, 7) is 7.79. The Bertz CT molecular complexity index is 512. The lowest BCUT2D eigenvalue weighted by atomic mass is 10.0. The number of primary amides is 1. The molecule has 5 nitrogen and oxygen atoms in total. The first-order valence-electron chi connectivity index (χ1n) is 7.08. The third-order valence-electron chi connectivity index (χ3n) is 3.36. The van der Waals surface area contributed by atoms with Crippen LogP contribution in [0.5, 0.6) is 5.75 Å². The molecule has 0 spiro atoms. The molecule has 1 rings (SSSR count). The molecule has 0 aliphatic heterocycles. The van der Waals surface area contributed by atoms with Crippen LogP contribution < -0.4 is 10.5 Å². The lowest BCUT2D eigenvalue weighted by Crippen LogP contribution is -2.49. The average Bonchev–Trinajstić information content (AvgIpc) is 2.37. The Labute approximate surface area is 126 Å². The number of carbonyl (C=O) groups excluding carboxylic acids is 2. The standard InChI is InChI=1S/C16H24N2O3/c1-10(2)12-7-6-8-13(9-12)21-16(20)18(5)14(11(3)4)15(17)19/h6-11,14H,1-5H3,(H2,17,19). The Hall–Kier alpha value is -2.04. The van der Waals surface area contributed by atoms with E-state index in [0.717, 1.165) is 5.56 Å². The molecule has 1 aromatic carbocycles. The summed E-state index contributed by atoms with van der Waals surface area (Å²) in [6.07, 6.45) is -0.589. The quantitative estimate of drug-likeness (QED) is 0.907. The van der Waals surface area contributed by atoms with Gasteiger partial charge in [0.1, 0.15) is 11.8 Å². The number of hydrogen-bond acceptors (Lipinski definition) is 3. The SMILES string of the molecule is CC(C)c1cccc(OC(=O)N(C)C(C(N)=O)C(C)C)c1. The second kappa shape index (κ2) is 7.11. The highest BCUT2D eigenvalue weighted by Gasteiger charge is 2.29. The van der Waals surface area contributed by atoms with Crippen LogP contribution in [0, 0.1) is 5.92 Å². The third kappa shape index (κ3) is 4.48. The minimum absolute atomic E-state index is 0.0814. The van der Waals surface area contributed by atoms with Crippen LogP contribution in [0.25, 0.3) is 0 Å². The molecule has 2 amide bonds. The number of benzene rings is 1. The molecule has 1 atom stereocenters. The number of hydrogen-bond donors (Lipinski definition) is 1. The van der Waals surface area contributed by atoms with Crippen molar-refractivity contribution < 1.29 is 14.3 Å². The summed E-state index contributed by atoms with van der Waals surface area (Å²) in [5.74, 6) is 0.183. The van der Waals surface area contributed by atoms with Crippen molar-refractivity contribution in [1.29, 1.82) is 0 Å². The molecule has 0 bridgehead atoms. The first-order chi connectivity index (χ1) is 9.73. The zero-order chi connectivity index (χ0) is 16.2. The van der Waals surface area contributed by atoms with Crippen LogP contribution in [0.15, 0.2) is 24.3 Å². The van der Waals surface area contributed by atoms with Gasteiger partial charge in [-0.2, -0.15) is 0 Å².